The van der Waals surface area contributed by atoms with Gasteiger partial charge < -0.3 is 24.8 Å². The van der Waals surface area contributed by atoms with Gasteiger partial charge in [0.25, 0.3) is 5.91 Å². The van der Waals surface area contributed by atoms with Gasteiger partial charge in [-0.2, -0.15) is 0 Å². The van der Waals surface area contributed by atoms with Crippen LogP contribution in [0, 0.1) is 0 Å². The predicted molar refractivity (Wildman–Crippen MR) is 150 cm³/mol. The molecule has 3 aromatic carbocycles. The highest BCUT2D eigenvalue weighted by Gasteiger charge is 2.27. The number of carbonyl (C=O) groups is 1. The Kier molecular flexibility index (Phi) is 7.95. The molecule has 202 valence electrons. The Morgan fingerprint density at radius 1 is 0.949 bits per heavy atom. The van der Waals surface area contributed by atoms with Gasteiger partial charge in [-0.05, 0) is 41.7 Å². The maximum atomic E-state index is 13.0. The van der Waals surface area contributed by atoms with E-state index >= 15 is 0 Å². The van der Waals surface area contributed by atoms with E-state index < -0.39 is 0 Å². The van der Waals surface area contributed by atoms with E-state index in [1.807, 2.05) is 62.4 Å². The standard InChI is InChI=1S/C31H33N3O5/c1-3-21-7-5-6-8-23(21)24-17-25(27(36)18-26(24)35)30-28(29(33-39-30)31(37)32-4-2)22-11-9-20(10-12-22)19-34-13-15-38-16-14-34/h5-12,17-18,35-36H,3-4,13-16,19H2,1-2H3,(H,32,37). The molecule has 8 heteroatoms. The Morgan fingerprint density at radius 3 is 2.38 bits per heavy atom. The van der Waals surface area contributed by atoms with Crippen molar-refractivity contribution < 1.29 is 24.3 Å². The number of morpholine rings is 1. The monoisotopic (exact) mass is 527 g/mol. The number of aromatic nitrogens is 1. The normalized spacial score (nSPS) is 13.9. The van der Waals surface area contributed by atoms with Crippen LogP contribution in [-0.4, -0.2) is 59.0 Å². The second kappa shape index (κ2) is 11.7. The first-order valence-electron chi connectivity index (χ1n) is 13.3. The largest absolute Gasteiger partial charge is 0.507 e. The second-order valence-electron chi connectivity index (χ2n) is 9.58. The van der Waals surface area contributed by atoms with Crippen LogP contribution < -0.4 is 5.32 Å². The van der Waals surface area contributed by atoms with E-state index in [9.17, 15) is 15.0 Å². The molecule has 0 atom stereocenters. The van der Waals surface area contributed by atoms with Crippen molar-refractivity contribution in [2.45, 2.75) is 26.8 Å². The summed E-state index contributed by atoms with van der Waals surface area (Å²) < 4.78 is 11.2. The minimum absolute atomic E-state index is 0.0466. The van der Waals surface area contributed by atoms with Gasteiger partial charge in [-0.25, -0.2) is 0 Å². The molecule has 4 aromatic rings. The first-order valence-corrected chi connectivity index (χ1v) is 13.3. The molecular weight excluding hydrogens is 494 g/mol. The summed E-state index contributed by atoms with van der Waals surface area (Å²) in [5.74, 6) is -0.330. The van der Waals surface area contributed by atoms with Gasteiger partial charge in [0, 0.05) is 37.8 Å². The summed E-state index contributed by atoms with van der Waals surface area (Å²) in [5.41, 5.74) is 5.31. The summed E-state index contributed by atoms with van der Waals surface area (Å²) in [5, 5.41) is 28.6. The molecule has 1 saturated heterocycles. The third-order valence-corrected chi connectivity index (χ3v) is 7.04. The summed E-state index contributed by atoms with van der Waals surface area (Å²) >= 11 is 0. The molecule has 0 aliphatic carbocycles. The summed E-state index contributed by atoms with van der Waals surface area (Å²) in [6, 6.07) is 18.8. The molecule has 1 fully saturated rings. The fourth-order valence-electron chi connectivity index (χ4n) is 5.00. The number of nitrogens with zero attached hydrogens (tertiary/aromatic N) is 2. The molecule has 0 unspecified atom stereocenters. The third kappa shape index (κ3) is 5.53. The lowest BCUT2D eigenvalue weighted by atomic mass is 9.92. The van der Waals surface area contributed by atoms with Gasteiger partial charge in [0.05, 0.1) is 24.3 Å². The van der Waals surface area contributed by atoms with E-state index in [0.717, 1.165) is 61.5 Å². The van der Waals surface area contributed by atoms with Gasteiger partial charge in [0.1, 0.15) is 11.5 Å². The topological polar surface area (TPSA) is 108 Å². The molecule has 1 aliphatic heterocycles. The Hall–Kier alpha value is -4.14. The van der Waals surface area contributed by atoms with E-state index in [-0.39, 0.29) is 28.9 Å². The number of amides is 1. The van der Waals surface area contributed by atoms with Crippen LogP contribution in [0.5, 0.6) is 11.5 Å². The quantitative estimate of drug-likeness (QED) is 0.288. The lowest BCUT2D eigenvalue weighted by Crippen LogP contribution is -2.35. The van der Waals surface area contributed by atoms with Crippen molar-refractivity contribution in [2.75, 3.05) is 32.8 Å². The SMILES string of the molecule is CCNC(=O)c1noc(-c2cc(-c3ccccc3CC)c(O)cc2O)c1-c1ccc(CN2CCOCC2)cc1. The zero-order chi connectivity index (χ0) is 27.4. The number of rotatable bonds is 8. The van der Waals surface area contributed by atoms with E-state index in [0.29, 0.717) is 23.2 Å². The van der Waals surface area contributed by atoms with Crippen LogP contribution >= 0.6 is 0 Å². The number of carbonyl (C=O) groups excluding carboxylic acids is 1. The summed E-state index contributed by atoms with van der Waals surface area (Å²) in [4.78, 5) is 15.3. The Bertz CT molecular complexity index is 1460. The summed E-state index contributed by atoms with van der Waals surface area (Å²) in [6.07, 6.45) is 0.775. The van der Waals surface area contributed by atoms with Crippen LogP contribution in [-0.2, 0) is 17.7 Å². The molecule has 0 bridgehead atoms. The summed E-state index contributed by atoms with van der Waals surface area (Å²) in [6.45, 7) is 8.38. The molecule has 0 saturated carbocycles. The Labute approximate surface area is 227 Å². The first kappa shape index (κ1) is 26.5. The van der Waals surface area contributed by atoms with Gasteiger partial charge in [0.2, 0.25) is 0 Å². The number of aromatic hydroxyl groups is 2. The van der Waals surface area contributed by atoms with Crippen LogP contribution in [0.3, 0.4) is 0 Å². The first-order chi connectivity index (χ1) is 19.0. The zero-order valence-electron chi connectivity index (χ0n) is 22.2. The van der Waals surface area contributed by atoms with E-state index in [1.165, 1.54) is 6.07 Å². The zero-order valence-corrected chi connectivity index (χ0v) is 22.2. The molecule has 0 radical (unpaired) electrons. The van der Waals surface area contributed by atoms with Crippen molar-refractivity contribution in [3.63, 3.8) is 0 Å². The van der Waals surface area contributed by atoms with Crippen LogP contribution in [0.2, 0.25) is 0 Å². The molecule has 2 heterocycles. The number of phenolic OH excluding ortho intramolecular Hbond substituents is 2. The number of hydrogen-bond acceptors (Lipinski definition) is 7. The van der Waals surface area contributed by atoms with E-state index in [4.69, 9.17) is 9.26 Å². The average molecular weight is 528 g/mol. The van der Waals surface area contributed by atoms with Gasteiger partial charge in [-0.15, -0.1) is 0 Å². The third-order valence-electron chi connectivity index (χ3n) is 7.04. The van der Waals surface area contributed by atoms with Crippen LogP contribution in [0.4, 0.5) is 0 Å². The number of nitrogens with one attached hydrogen (secondary N) is 1. The fraction of sp³-hybridized carbons (Fsp3) is 0.290. The van der Waals surface area contributed by atoms with Gasteiger partial charge in [-0.1, -0.05) is 60.6 Å². The highest BCUT2D eigenvalue weighted by atomic mass is 16.5. The Morgan fingerprint density at radius 2 is 1.67 bits per heavy atom. The number of aryl methyl sites for hydroxylation is 1. The van der Waals surface area contributed by atoms with Crippen LogP contribution in [0.15, 0.2) is 65.2 Å². The molecule has 3 N–H and O–H groups in total. The maximum absolute atomic E-state index is 13.0. The number of phenols is 2. The minimum atomic E-state index is -0.366. The number of hydrogen-bond donors (Lipinski definition) is 3. The van der Waals surface area contributed by atoms with Crippen molar-refractivity contribution in [1.29, 1.82) is 0 Å². The minimum Gasteiger partial charge on any atom is -0.507 e. The Balaban J connectivity index is 1.59. The molecule has 5 rings (SSSR count). The fourth-order valence-corrected chi connectivity index (χ4v) is 5.00. The highest BCUT2D eigenvalue weighted by Crippen LogP contribution is 2.44. The lowest BCUT2D eigenvalue weighted by molar-refractivity contribution is 0.0342. The van der Waals surface area contributed by atoms with Crippen LogP contribution in [0.1, 0.15) is 35.5 Å². The highest BCUT2D eigenvalue weighted by molar-refractivity contribution is 6.03. The number of benzene rings is 3. The van der Waals surface area contributed by atoms with Crippen molar-refractivity contribution in [1.82, 2.24) is 15.4 Å². The number of ether oxygens (including phenoxy) is 1. The second-order valence-corrected chi connectivity index (χ2v) is 9.58. The van der Waals surface area contributed by atoms with Crippen LogP contribution in [0.25, 0.3) is 33.6 Å². The van der Waals surface area contributed by atoms with Crippen molar-refractivity contribution in [2.24, 2.45) is 0 Å². The van der Waals surface area contributed by atoms with Crippen molar-refractivity contribution in [3.8, 4) is 45.1 Å². The van der Waals surface area contributed by atoms with Gasteiger partial charge in [0.15, 0.2) is 11.5 Å². The average Bonchev–Trinajstić information content (AvgIpc) is 3.39. The van der Waals surface area contributed by atoms with Gasteiger partial charge >= 0.3 is 0 Å². The predicted octanol–water partition coefficient (Wildman–Crippen LogP) is 5.23. The lowest BCUT2D eigenvalue weighted by Gasteiger charge is -2.26. The molecule has 8 nitrogen and oxygen atoms in total. The smallest absolute Gasteiger partial charge is 0.274 e. The molecule has 1 aliphatic rings. The van der Waals surface area contributed by atoms with Crippen molar-refractivity contribution in [3.05, 3.63) is 77.5 Å². The molecule has 0 spiro atoms. The van der Waals surface area contributed by atoms with Crippen molar-refractivity contribution >= 4 is 5.91 Å². The maximum Gasteiger partial charge on any atom is 0.274 e. The summed E-state index contributed by atoms with van der Waals surface area (Å²) in [7, 11) is 0. The molecule has 1 aromatic heterocycles. The molecule has 39 heavy (non-hydrogen) atoms. The van der Waals surface area contributed by atoms with E-state index in [1.54, 1.807) is 6.07 Å². The molecule has 1 amide bonds. The van der Waals surface area contributed by atoms with E-state index in [2.05, 4.69) is 15.4 Å². The molecular formula is C31H33N3O5. The van der Waals surface area contributed by atoms with Gasteiger partial charge in [-0.3, -0.25) is 9.69 Å².